The first-order chi connectivity index (χ1) is 15.0. The van der Waals surface area contributed by atoms with E-state index in [1.807, 2.05) is 30.3 Å². The number of rotatable bonds is 7. The van der Waals surface area contributed by atoms with Crippen molar-refractivity contribution in [1.29, 1.82) is 0 Å². The summed E-state index contributed by atoms with van der Waals surface area (Å²) in [7, 11) is 0. The van der Waals surface area contributed by atoms with Gasteiger partial charge in [-0.1, -0.05) is 30.3 Å². The minimum Gasteiger partial charge on any atom is -0.491 e. The number of fused-ring (bicyclic) bond motifs is 1. The van der Waals surface area contributed by atoms with Crippen LogP contribution in [0, 0.1) is 5.82 Å². The maximum absolute atomic E-state index is 13.0. The lowest BCUT2D eigenvalue weighted by molar-refractivity contribution is 0.0924. The molecule has 0 fully saturated rings. The van der Waals surface area contributed by atoms with Crippen molar-refractivity contribution in [2.45, 2.75) is 19.4 Å². The monoisotopic (exact) mass is 437 g/mol. The SMILES string of the molecule is CC(COc1ccc(F)cc1)NC(=O)c1cnc2sc(Cc3ccccc3)cn2c1=O. The molecule has 2 heterocycles. The van der Waals surface area contributed by atoms with E-state index >= 15 is 0 Å². The zero-order valence-electron chi connectivity index (χ0n) is 16.7. The second kappa shape index (κ2) is 9.09. The third kappa shape index (κ3) is 4.97. The molecule has 0 spiro atoms. The van der Waals surface area contributed by atoms with E-state index in [1.165, 1.54) is 46.2 Å². The summed E-state index contributed by atoms with van der Waals surface area (Å²) in [6.07, 6.45) is 3.73. The van der Waals surface area contributed by atoms with Crippen LogP contribution < -0.4 is 15.6 Å². The highest BCUT2D eigenvalue weighted by Crippen LogP contribution is 2.18. The normalized spacial score (nSPS) is 11.9. The summed E-state index contributed by atoms with van der Waals surface area (Å²) in [5.74, 6) is -0.370. The van der Waals surface area contributed by atoms with Gasteiger partial charge in [0, 0.05) is 23.7 Å². The molecule has 0 saturated heterocycles. The molecule has 6 nitrogen and oxygen atoms in total. The van der Waals surface area contributed by atoms with Crippen LogP contribution in [0.1, 0.15) is 27.7 Å². The number of thiazole rings is 1. The van der Waals surface area contributed by atoms with Gasteiger partial charge in [0.1, 0.15) is 23.7 Å². The van der Waals surface area contributed by atoms with Crippen LogP contribution >= 0.6 is 11.3 Å². The number of halogens is 1. The molecule has 31 heavy (non-hydrogen) atoms. The van der Waals surface area contributed by atoms with Crippen molar-refractivity contribution in [2.75, 3.05) is 6.61 Å². The molecule has 2 aromatic carbocycles. The van der Waals surface area contributed by atoms with Gasteiger partial charge in [-0.25, -0.2) is 9.37 Å². The highest BCUT2D eigenvalue weighted by atomic mass is 32.1. The maximum atomic E-state index is 13.0. The standard InChI is InChI=1S/C23H20FN3O3S/c1-15(14-30-18-9-7-17(24)8-10-18)26-21(28)20-12-25-23-27(22(20)29)13-19(31-23)11-16-5-3-2-4-6-16/h2-10,12-13,15H,11,14H2,1H3,(H,26,28). The van der Waals surface area contributed by atoms with Gasteiger partial charge < -0.3 is 10.1 Å². The average Bonchev–Trinajstić information content (AvgIpc) is 3.17. The summed E-state index contributed by atoms with van der Waals surface area (Å²) >= 11 is 1.42. The largest absolute Gasteiger partial charge is 0.491 e. The molecule has 8 heteroatoms. The third-order valence-corrected chi connectivity index (χ3v) is 5.61. The van der Waals surface area contributed by atoms with Gasteiger partial charge in [-0.3, -0.25) is 14.0 Å². The molecule has 158 valence electrons. The lowest BCUT2D eigenvalue weighted by Crippen LogP contribution is -2.39. The Balaban J connectivity index is 1.44. The first kappa shape index (κ1) is 20.7. The van der Waals surface area contributed by atoms with E-state index in [4.69, 9.17) is 4.74 Å². The quantitative estimate of drug-likeness (QED) is 0.479. The number of carbonyl (C=O) groups is 1. The number of hydrogen-bond donors (Lipinski definition) is 1. The zero-order chi connectivity index (χ0) is 21.8. The van der Waals surface area contributed by atoms with E-state index in [1.54, 1.807) is 13.1 Å². The van der Waals surface area contributed by atoms with Gasteiger partial charge in [0.05, 0.1) is 6.04 Å². The Labute approximate surface area is 182 Å². The minimum absolute atomic E-state index is 0.0322. The van der Waals surface area contributed by atoms with E-state index in [9.17, 15) is 14.0 Å². The topological polar surface area (TPSA) is 72.7 Å². The van der Waals surface area contributed by atoms with Gasteiger partial charge in [0.15, 0.2) is 4.96 Å². The molecule has 0 aliphatic heterocycles. The van der Waals surface area contributed by atoms with Crippen molar-refractivity contribution in [3.63, 3.8) is 0 Å². The van der Waals surface area contributed by atoms with Crippen molar-refractivity contribution in [3.8, 4) is 5.75 Å². The molecule has 0 radical (unpaired) electrons. The van der Waals surface area contributed by atoms with Gasteiger partial charge in [0.25, 0.3) is 11.5 Å². The summed E-state index contributed by atoms with van der Waals surface area (Å²) in [4.78, 5) is 31.2. The van der Waals surface area contributed by atoms with Crippen molar-refractivity contribution >= 4 is 22.2 Å². The summed E-state index contributed by atoms with van der Waals surface area (Å²) in [5.41, 5.74) is 0.690. The van der Waals surface area contributed by atoms with Crippen molar-refractivity contribution in [2.24, 2.45) is 0 Å². The Kier molecular flexibility index (Phi) is 6.08. The zero-order valence-corrected chi connectivity index (χ0v) is 17.6. The number of hydrogen-bond acceptors (Lipinski definition) is 5. The van der Waals surface area contributed by atoms with Gasteiger partial charge in [-0.05, 0) is 36.8 Å². The van der Waals surface area contributed by atoms with E-state index in [0.29, 0.717) is 17.1 Å². The lowest BCUT2D eigenvalue weighted by Gasteiger charge is -2.14. The van der Waals surface area contributed by atoms with Gasteiger partial charge in [0.2, 0.25) is 0 Å². The average molecular weight is 437 g/mol. The van der Waals surface area contributed by atoms with Crippen molar-refractivity contribution in [3.05, 3.63) is 99.2 Å². The van der Waals surface area contributed by atoms with Crippen LogP contribution in [-0.4, -0.2) is 27.9 Å². The fraction of sp³-hybridized carbons (Fsp3) is 0.174. The molecule has 1 atom stereocenters. The fourth-order valence-corrected chi connectivity index (χ4v) is 4.03. The first-order valence-corrected chi connectivity index (χ1v) is 10.5. The smallest absolute Gasteiger partial charge is 0.271 e. The Morgan fingerprint density at radius 3 is 2.68 bits per heavy atom. The number of carbonyl (C=O) groups excluding carboxylic acids is 1. The molecule has 4 rings (SSSR count). The molecule has 0 saturated carbocycles. The molecule has 0 aliphatic carbocycles. The fourth-order valence-electron chi connectivity index (χ4n) is 3.06. The van der Waals surface area contributed by atoms with Crippen LogP contribution in [0.3, 0.4) is 0 Å². The molecule has 4 aromatic rings. The first-order valence-electron chi connectivity index (χ1n) is 9.73. The highest BCUT2D eigenvalue weighted by Gasteiger charge is 2.17. The molecule has 0 bridgehead atoms. The molecule has 1 N–H and O–H groups in total. The number of amides is 1. The molecular formula is C23H20FN3O3S. The Morgan fingerprint density at radius 1 is 1.19 bits per heavy atom. The van der Waals surface area contributed by atoms with Gasteiger partial charge in [-0.15, -0.1) is 11.3 Å². The molecule has 0 aliphatic rings. The lowest BCUT2D eigenvalue weighted by atomic mass is 10.1. The number of nitrogens with zero attached hydrogens (tertiary/aromatic N) is 2. The van der Waals surface area contributed by atoms with Gasteiger partial charge >= 0.3 is 0 Å². The maximum Gasteiger partial charge on any atom is 0.271 e. The Morgan fingerprint density at radius 2 is 1.94 bits per heavy atom. The summed E-state index contributed by atoms with van der Waals surface area (Å²) in [5, 5.41) is 2.74. The van der Waals surface area contributed by atoms with Crippen LogP contribution in [0.15, 0.2) is 71.8 Å². The van der Waals surface area contributed by atoms with Gasteiger partial charge in [-0.2, -0.15) is 0 Å². The van der Waals surface area contributed by atoms with E-state index < -0.39 is 11.5 Å². The summed E-state index contributed by atoms with van der Waals surface area (Å²) in [6, 6.07) is 15.2. The van der Waals surface area contributed by atoms with Crippen LogP contribution in [0.4, 0.5) is 4.39 Å². The predicted molar refractivity (Wildman–Crippen MR) is 117 cm³/mol. The minimum atomic E-state index is -0.516. The third-order valence-electron chi connectivity index (χ3n) is 4.61. The predicted octanol–water partition coefficient (Wildman–Crippen LogP) is 3.68. The summed E-state index contributed by atoms with van der Waals surface area (Å²) < 4.78 is 19.9. The number of nitrogens with one attached hydrogen (secondary N) is 1. The van der Waals surface area contributed by atoms with E-state index in [2.05, 4.69) is 10.3 Å². The van der Waals surface area contributed by atoms with Crippen LogP contribution in [0.25, 0.3) is 4.96 Å². The van der Waals surface area contributed by atoms with Crippen molar-refractivity contribution in [1.82, 2.24) is 14.7 Å². The van der Waals surface area contributed by atoms with E-state index in [-0.39, 0.29) is 24.0 Å². The van der Waals surface area contributed by atoms with Crippen molar-refractivity contribution < 1.29 is 13.9 Å². The second-order valence-electron chi connectivity index (χ2n) is 7.13. The van der Waals surface area contributed by atoms with Crippen LogP contribution in [-0.2, 0) is 6.42 Å². The molecule has 2 aromatic heterocycles. The molecule has 1 unspecified atom stereocenters. The second-order valence-corrected chi connectivity index (χ2v) is 8.22. The number of ether oxygens (including phenoxy) is 1. The Hall–Kier alpha value is -3.52. The number of benzene rings is 2. The summed E-state index contributed by atoms with van der Waals surface area (Å²) in [6.45, 7) is 1.93. The number of aromatic nitrogens is 2. The van der Waals surface area contributed by atoms with Crippen LogP contribution in [0.5, 0.6) is 5.75 Å². The Bertz CT molecular complexity index is 1250. The highest BCUT2D eigenvalue weighted by molar-refractivity contribution is 7.17. The van der Waals surface area contributed by atoms with Crippen LogP contribution in [0.2, 0.25) is 0 Å². The molecule has 1 amide bonds. The van der Waals surface area contributed by atoms with E-state index in [0.717, 1.165) is 10.4 Å². The molecular weight excluding hydrogens is 417 g/mol.